The quantitative estimate of drug-likeness (QED) is 0.519. The van der Waals surface area contributed by atoms with Crippen LogP contribution in [0.1, 0.15) is 56.3 Å². The minimum Gasteiger partial charge on any atom is -0.345 e. The molecule has 1 aliphatic heterocycles. The van der Waals surface area contributed by atoms with E-state index in [4.69, 9.17) is 0 Å². The first-order chi connectivity index (χ1) is 16.8. The molecule has 0 saturated carbocycles. The van der Waals surface area contributed by atoms with Crippen LogP contribution in [0.4, 0.5) is 13.2 Å². The Morgan fingerprint density at radius 1 is 1.11 bits per heavy atom. The van der Waals surface area contributed by atoms with Gasteiger partial charge >= 0.3 is 6.18 Å². The zero-order valence-corrected chi connectivity index (χ0v) is 21.1. The summed E-state index contributed by atoms with van der Waals surface area (Å²) < 4.78 is 63.8. The Hall–Kier alpha value is -3.27. The smallest absolute Gasteiger partial charge is 0.345 e. The Kier molecular flexibility index (Phi) is 7.88. The van der Waals surface area contributed by atoms with Gasteiger partial charge in [-0.05, 0) is 42.2 Å². The molecule has 36 heavy (non-hydrogen) atoms. The minimum absolute atomic E-state index is 0.0417. The maximum atomic E-state index is 13.3. The van der Waals surface area contributed by atoms with Crippen molar-refractivity contribution < 1.29 is 31.2 Å². The maximum Gasteiger partial charge on any atom is 0.416 e. The lowest BCUT2D eigenvalue weighted by atomic mass is 9.84. The summed E-state index contributed by atoms with van der Waals surface area (Å²) in [5, 5.41) is 2.80. The summed E-state index contributed by atoms with van der Waals surface area (Å²) in [5.41, 5.74) is -0.133. The number of rotatable bonds is 7. The van der Waals surface area contributed by atoms with Gasteiger partial charge < -0.3 is 5.32 Å². The van der Waals surface area contributed by atoms with Crippen LogP contribution in [0.5, 0.6) is 0 Å². The summed E-state index contributed by atoms with van der Waals surface area (Å²) in [4.78, 5) is 30.7. The van der Waals surface area contributed by atoms with Gasteiger partial charge in [0.2, 0.25) is 0 Å². The van der Waals surface area contributed by atoms with E-state index in [0.29, 0.717) is 5.56 Å². The van der Waals surface area contributed by atoms with Gasteiger partial charge in [0.15, 0.2) is 15.6 Å². The van der Waals surface area contributed by atoms with Gasteiger partial charge in [-0.3, -0.25) is 14.6 Å². The van der Waals surface area contributed by atoms with Crippen molar-refractivity contribution in [3.05, 3.63) is 77.0 Å². The van der Waals surface area contributed by atoms with Crippen molar-refractivity contribution in [2.75, 3.05) is 5.75 Å². The van der Waals surface area contributed by atoms with Gasteiger partial charge in [-0.2, -0.15) is 13.2 Å². The minimum atomic E-state index is -4.58. The molecule has 0 fully saturated rings. The molecule has 0 radical (unpaired) electrons. The van der Waals surface area contributed by atoms with Gasteiger partial charge in [0, 0.05) is 11.9 Å². The number of Topliss-reactive ketones (excluding diaryl/α,β-unsaturated/α-hetero) is 1. The third-order valence-electron chi connectivity index (χ3n) is 6.07. The van der Waals surface area contributed by atoms with E-state index in [1.807, 2.05) is 13.8 Å². The topological polar surface area (TPSA) is 92.7 Å². The average Bonchev–Trinajstić information content (AvgIpc) is 2.82. The number of amides is 1. The molecule has 6 nitrogen and oxygen atoms in total. The summed E-state index contributed by atoms with van der Waals surface area (Å²) in [7, 11) is -3.38. The second-order valence-corrected chi connectivity index (χ2v) is 11.2. The van der Waals surface area contributed by atoms with Crippen LogP contribution in [-0.2, 0) is 25.6 Å². The number of nitrogens with zero attached hydrogens (tertiary/aromatic N) is 1. The summed E-state index contributed by atoms with van der Waals surface area (Å²) >= 11 is 0. The molecule has 0 bridgehead atoms. The summed E-state index contributed by atoms with van der Waals surface area (Å²) in [6, 6.07) is 10.0. The molecule has 2 aromatic carbocycles. The van der Waals surface area contributed by atoms with E-state index in [-0.39, 0.29) is 33.4 Å². The number of halogens is 3. The second-order valence-electron chi connectivity index (χ2n) is 8.90. The van der Waals surface area contributed by atoms with Crippen molar-refractivity contribution in [1.29, 1.82) is 0 Å². The fourth-order valence-corrected chi connectivity index (χ4v) is 4.89. The van der Waals surface area contributed by atoms with E-state index in [9.17, 15) is 31.2 Å². The monoisotopic (exact) mass is 520 g/mol. The van der Waals surface area contributed by atoms with Gasteiger partial charge in [-0.15, -0.1) is 0 Å². The van der Waals surface area contributed by atoms with Crippen molar-refractivity contribution >= 4 is 27.2 Å². The molecule has 0 spiro atoms. The Balaban J connectivity index is 1.87. The third kappa shape index (κ3) is 5.75. The zero-order valence-electron chi connectivity index (χ0n) is 20.3. The third-order valence-corrected chi connectivity index (χ3v) is 7.82. The average molecular weight is 521 g/mol. The molecule has 2 unspecified atom stereocenters. The van der Waals surface area contributed by atoms with Crippen molar-refractivity contribution in [2.45, 2.75) is 50.7 Å². The van der Waals surface area contributed by atoms with Crippen molar-refractivity contribution in [3.8, 4) is 0 Å². The lowest BCUT2D eigenvalue weighted by Gasteiger charge is -2.26. The molecule has 3 rings (SSSR count). The molecule has 10 heteroatoms. The zero-order chi connectivity index (χ0) is 26.8. The maximum absolute atomic E-state index is 13.3. The van der Waals surface area contributed by atoms with E-state index < -0.39 is 45.2 Å². The highest BCUT2D eigenvalue weighted by atomic mass is 32.2. The normalized spacial score (nSPS) is 17.4. The molecule has 0 aromatic heterocycles. The standard InChI is InChI=1S/C26H27F3N2O4S/c1-5-36(34,35)20-11-9-17(10-12-20)23(15(2)3)31-25(33)21-14-30-16(4)22(24(21)32)18-7-6-8-19(13-18)26(27,28)29/h6-15,22-23H,5H2,1-4H3,(H,31,33). The molecule has 0 saturated heterocycles. The predicted octanol–water partition coefficient (Wildman–Crippen LogP) is 5.02. The number of nitrogens with one attached hydrogen (secondary N) is 1. The van der Waals surface area contributed by atoms with Crippen LogP contribution in [0, 0.1) is 5.92 Å². The number of hydrogen-bond acceptors (Lipinski definition) is 5. The fourth-order valence-electron chi connectivity index (χ4n) is 4.01. The molecule has 192 valence electrons. The highest BCUT2D eigenvalue weighted by molar-refractivity contribution is 7.91. The van der Waals surface area contributed by atoms with Crippen LogP contribution in [0.25, 0.3) is 0 Å². The number of aliphatic imine (C=N–C) groups is 1. The predicted molar refractivity (Wildman–Crippen MR) is 130 cm³/mol. The summed E-state index contributed by atoms with van der Waals surface area (Å²) in [5.74, 6) is -2.64. The second kappa shape index (κ2) is 10.4. The molecule has 1 amide bonds. The molecule has 1 heterocycles. The molecular weight excluding hydrogens is 493 g/mol. The number of carbonyl (C=O) groups excluding carboxylic acids is 2. The Morgan fingerprint density at radius 2 is 1.75 bits per heavy atom. The summed E-state index contributed by atoms with van der Waals surface area (Å²) in [6.45, 7) is 6.78. The molecule has 1 N–H and O–H groups in total. The highest BCUT2D eigenvalue weighted by Crippen LogP contribution is 2.33. The Bertz CT molecular complexity index is 1330. The Labute approximate surface area is 208 Å². The molecule has 1 aliphatic rings. The molecular formula is C26H27F3N2O4S. The van der Waals surface area contributed by atoms with E-state index >= 15 is 0 Å². The molecule has 0 aliphatic carbocycles. The van der Waals surface area contributed by atoms with Crippen LogP contribution in [0.2, 0.25) is 0 Å². The van der Waals surface area contributed by atoms with Crippen LogP contribution in [0.15, 0.2) is 70.2 Å². The first-order valence-electron chi connectivity index (χ1n) is 11.4. The largest absolute Gasteiger partial charge is 0.416 e. The van der Waals surface area contributed by atoms with E-state index in [2.05, 4.69) is 10.3 Å². The van der Waals surface area contributed by atoms with Crippen molar-refractivity contribution in [2.24, 2.45) is 10.9 Å². The van der Waals surface area contributed by atoms with Crippen LogP contribution >= 0.6 is 0 Å². The molecule has 2 aromatic rings. The molecule has 2 atom stereocenters. The highest BCUT2D eigenvalue weighted by Gasteiger charge is 2.36. The van der Waals surface area contributed by atoms with Gasteiger partial charge in [0.25, 0.3) is 5.91 Å². The van der Waals surface area contributed by atoms with E-state index in [1.54, 1.807) is 19.1 Å². The number of sulfone groups is 1. The number of carbonyl (C=O) groups is 2. The first-order valence-corrected chi connectivity index (χ1v) is 13.0. The number of alkyl halides is 3. The van der Waals surface area contributed by atoms with Gasteiger partial charge in [-0.1, -0.05) is 51.1 Å². The SMILES string of the molecule is CCS(=O)(=O)c1ccc(C(NC(=O)C2=CN=C(C)C(c3cccc(C(F)(F)F)c3)C2=O)C(C)C)cc1. The van der Waals surface area contributed by atoms with Crippen molar-refractivity contribution in [3.63, 3.8) is 0 Å². The lowest BCUT2D eigenvalue weighted by molar-refractivity contribution is -0.137. The van der Waals surface area contributed by atoms with Crippen molar-refractivity contribution in [1.82, 2.24) is 5.32 Å². The number of ketones is 1. The fraction of sp³-hybridized carbons (Fsp3) is 0.346. The van der Waals surface area contributed by atoms with Gasteiger partial charge in [0.1, 0.15) is 5.57 Å². The van der Waals surface area contributed by atoms with Gasteiger partial charge in [0.05, 0.1) is 28.2 Å². The van der Waals surface area contributed by atoms with Crippen LogP contribution in [-0.4, -0.2) is 31.6 Å². The number of hydrogen-bond donors (Lipinski definition) is 1. The lowest BCUT2D eigenvalue weighted by Crippen LogP contribution is -2.37. The first kappa shape index (κ1) is 27.3. The van der Waals surface area contributed by atoms with Crippen LogP contribution < -0.4 is 5.32 Å². The summed E-state index contributed by atoms with van der Waals surface area (Å²) in [6.07, 6.45) is -3.45. The van der Waals surface area contributed by atoms with E-state index in [1.165, 1.54) is 31.2 Å². The van der Waals surface area contributed by atoms with E-state index in [0.717, 1.165) is 18.3 Å². The number of benzene rings is 2. The van der Waals surface area contributed by atoms with Gasteiger partial charge in [-0.25, -0.2) is 8.42 Å². The van der Waals surface area contributed by atoms with Crippen LogP contribution in [0.3, 0.4) is 0 Å². The Morgan fingerprint density at radius 3 is 2.31 bits per heavy atom.